The van der Waals surface area contributed by atoms with Gasteiger partial charge in [0, 0.05) is 93.6 Å². The molecule has 2 N–H and O–H groups in total. The lowest BCUT2D eigenvalue weighted by Gasteiger charge is -2.41. The van der Waals surface area contributed by atoms with Crippen LogP contribution in [0.1, 0.15) is 80.8 Å². The smallest absolute Gasteiger partial charge is 0.317 e. The number of rotatable bonds is 7. The van der Waals surface area contributed by atoms with Gasteiger partial charge in [-0.25, -0.2) is 4.79 Å². The molecule has 0 unspecified atom stereocenters. The normalized spacial score (nSPS) is 18.9. The molecule has 4 aliphatic rings. The Morgan fingerprint density at radius 1 is 0.857 bits per heavy atom. The third kappa shape index (κ3) is 7.67. The zero-order valence-corrected chi connectivity index (χ0v) is 32.9. The molecule has 8 rings (SSSR count). The number of benzene rings is 3. The number of fused-ring (bicyclic) bond motifs is 2. The van der Waals surface area contributed by atoms with Crippen LogP contribution in [0.5, 0.6) is 5.75 Å². The maximum atomic E-state index is 15.4. The maximum absolute atomic E-state index is 15.4. The highest BCUT2D eigenvalue weighted by molar-refractivity contribution is 6.08. The lowest BCUT2D eigenvalue weighted by molar-refractivity contribution is 0.0193. The van der Waals surface area contributed by atoms with Crippen molar-refractivity contribution < 1.29 is 24.2 Å². The number of hydrogen-bond donors (Lipinski definition) is 2. The first-order chi connectivity index (χ1) is 27.1. The van der Waals surface area contributed by atoms with E-state index in [4.69, 9.17) is 4.74 Å². The van der Waals surface area contributed by atoms with Crippen molar-refractivity contribution in [3.8, 4) is 17.0 Å². The van der Waals surface area contributed by atoms with Gasteiger partial charge in [0.15, 0.2) is 0 Å². The van der Waals surface area contributed by atoms with E-state index in [1.807, 2.05) is 41.6 Å². The number of nitrogens with zero attached hydrogens (tertiary/aromatic N) is 5. The summed E-state index contributed by atoms with van der Waals surface area (Å²) in [5.74, 6) is -0.0966. The highest BCUT2D eigenvalue weighted by atomic mass is 16.5. The maximum Gasteiger partial charge on any atom is 0.317 e. The molecule has 56 heavy (non-hydrogen) atoms. The SMILES string of the molecule is Cc1c(C(=O)N(C)c2ccc(O)cc2)cc(-c2cc3c(cc2C(=O)N2Cc4ccccc4C[C@H]2CN2CCOCC2)CN(C(=O)NC2CCCCC2)CC3)n1C. The van der Waals surface area contributed by atoms with Crippen molar-refractivity contribution in [3.63, 3.8) is 0 Å². The standard InChI is InChI=1S/C45H54N6O5/c1-30-39(43(53)48(3)36-13-15-38(52)16-14-36)26-42(47(30)2)40-24-32-17-18-50(45(55)46-35-11-5-4-6-12-35)27-34(32)25-41(40)44(54)51-28-33-10-8-7-9-31(33)23-37(51)29-49-19-21-56-22-20-49/h7-10,13-16,24-26,35,37,52H,4-6,11-12,17-23,27-29H2,1-3H3,(H,46,55)/t37-/m0/s1. The van der Waals surface area contributed by atoms with Crippen molar-refractivity contribution in [1.82, 2.24) is 24.6 Å². The summed E-state index contributed by atoms with van der Waals surface area (Å²) < 4.78 is 7.68. The molecule has 294 valence electrons. The van der Waals surface area contributed by atoms with Gasteiger partial charge in [0.25, 0.3) is 11.8 Å². The minimum Gasteiger partial charge on any atom is -0.508 e. The fourth-order valence-corrected chi connectivity index (χ4v) is 9.06. The number of aromatic hydroxyl groups is 1. The molecule has 2 fully saturated rings. The molecule has 0 radical (unpaired) electrons. The molecule has 4 heterocycles. The number of nitrogens with one attached hydrogen (secondary N) is 1. The molecule has 1 aromatic heterocycles. The molecule has 0 spiro atoms. The van der Waals surface area contributed by atoms with E-state index in [-0.39, 0.29) is 35.7 Å². The predicted molar refractivity (Wildman–Crippen MR) is 217 cm³/mol. The average Bonchev–Trinajstić information content (AvgIpc) is 3.52. The molecule has 3 aliphatic heterocycles. The summed E-state index contributed by atoms with van der Waals surface area (Å²) in [5.41, 5.74) is 8.67. The molecule has 4 amide bonds. The minimum atomic E-state index is -0.182. The van der Waals surface area contributed by atoms with Crippen molar-refractivity contribution in [2.24, 2.45) is 7.05 Å². The Labute approximate surface area is 329 Å². The van der Waals surface area contributed by atoms with Crippen LogP contribution < -0.4 is 10.2 Å². The second-order valence-electron chi connectivity index (χ2n) is 16.1. The van der Waals surface area contributed by atoms with Crippen LogP contribution in [0.2, 0.25) is 0 Å². The Bertz CT molecular complexity index is 2100. The number of amides is 4. The van der Waals surface area contributed by atoms with Gasteiger partial charge in [0.1, 0.15) is 5.75 Å². The highest BCUT2D eigenvalue weighted by Gasteiger charge is 2.35. The molecule has 1 saturated carbocycles. The Morgan fingerprint density at radius 2 is 1.59 bits per heavy atom. The summed E-state index contributed by atoms with van der Waals surface area (Å²) in [4.78, 5) is 50.9. The Hall–Kier alpha value is -5.13. The van der Waals surface area contributed by atoms with Gasteiger partial charge in [-0.2, -0.15) is 0 Å². The number of carbonyl (C=O) groups excluding carboxylic acids is 3. The van der Waals surface area contributed by atoms with Crippen LogP contribution in [0.15, 0.2) is 66.7 Å². The summed E-state index contributed by atoms with van der Waals surface area (Å²) in [6.45, 7) is 7.26. The number of phenolic OH excluding ortho intramolecular Hbond substituents is 1. The predicted octanol–water partition coefficient (Wildman–Crippen LogP) is 6.28. The van der Waals surface area contributed by atoms with Crippen molar-refractivity contribution in [3.05, 3.63) is 106 Å². The van der Waals surface area contributed by atoms with Crippen molar-refractivity contribution in [1.29, 1.82) is 0 Å². The van der Waals surface area contributed by atoms with E-state index in [1.54, 1.807) is 36.2 Å². The molecule has 11 heteroatoms. The molecule has 1 saturated heterocycles. The number of ether oxygens (including phenoxy) is 1. The van der Waals surface area contributed by atoms with Crippen molar-refractivity contribution >= 4 is 23.5 Å². The van der Waals surface area contributed by atoms with Gasteiger partial charge in [-0.15, -0.1) is 0 Å². The fraction of sp³-hybridized carbons (Fsp3) is 0.444. The van der Waals surface area contributed by atoms with E-state index in [1.165, 1.54) is 12.0 Å². The fourth-order valence-electron chi connectivity index (χ4n) is 9.06. The van der Waals surface area contributed by atoms with Gasteiger partial charge in [-0.1, -0.05) is 43.5 Å². The lowest BCUT2D eigenvalue weighted by atomic mass is 9.89. The first kappa shape index (κ1) is 37.8. The largest absolute Gasteiger partial charge is 0.508 e. The number of morpholine rings is 1. The summed E-state index contributed by atoms with van der Waals surface area (Å²) >= 11 is 0. The highest BCUT2D eigenvalue weighted by Crippen LogP contribution is 2.36. The lowest BCUT2D eigenvalue weighted by Crippen LogP contribution is -2.52. The van der Waals surface area contributed by atoms with Crippen LogP contribution >= 0.6 is 0 Å². The minimum absolute atomic E-state index is 0.0309. The Morgan fingerprint density at radius 3 is 2.34 bits per heavy atom. The first-order valence-electron chi connectivity index (χ1n) is 20.3. The van der Waals surface area contributed by atoms with E-state index < -0.39 is 0 Å². The Balaban J connectivity index is 1.17. The topological polar surface area (TPSA) is 111 Å². The number of urea groups is 1. The second kappa shape index (κ2) is 16.2. The molecule has 4 aromatic rings. The Kier molecular flexibility index (Phi) is 10.9. The third-order valence-corrected chi connectivity index (χ3v) is 12.6. The van der Waals surface area contributed by atoms with Gasteiger partial charge in [0.2, 0.25) is 0 Å². The second-order valence-corrected chi connectivity index (χ2v) is 16.1. The number of hydrogen-bond acceptors (Lipinski definition) is 6. The monoisotopic (exact) mass is 758 g/mol. The number of phenols is 1. The summed E-state index contributed by atoms with van der Waals surface area (Å²) in [5, 5.41) is 13.1. The van der Waals surface area contributed by atoms with E-state index >= 15 is 4.79 Å². The van der Waals surface area contributed by atoms with Gasteiger partial charge < -0.3 is 34.4 Å². The molecule has 1 atom stereocenters. The average molecular weight is 759 g/mol. The first-order valence-corrected chi connectivity index (χ1v) is 20.3. The summed E-state index contributed by atoms with van der Waals surface area (Å²) in [6.07, 6.45) is 7.00. The van der Waals surface area contributed by atoms with Crippen LogP contribution in [-0.2, 0) is 37.7 Å². The molecule has 3 aromatic carbocycles. The van der Waals surface area contributed by atoms with E-state index in [2.05, 4.69) is 39.4 Å². The van der Waals surface area contributed by atoms with Crippen LogP contribution in [0, 0.1) is 6.92 Å². The van der Waals surface area contributed by atoms with Crippen LogP contribution in [0.3, 0.4) is 0 Å². The van der Waals surface area contributed by atoms with Crippen LogP contribution in [0.4, 0.5) is 10.5 Å². The molecule has 0 bridgehead atoms. The van der Waals surface area contributed by atoms with E-state index in [0.717, 1.165) is 85.4 Å². The van der Waals surface area contributed by atoms with E-state index in [9.17, 15) is 14.7 Å². The zero-order valence-electron chi connectivity index (χ0n) is 32.9. The number of carbonyl (C=O) groups is 3. The molecular formula is C45H54N6O5. The van der Waals surface area contributed by atoms with Gasteiger partial charge in [-0.05, 0) is 97.3 Å². The van der Waals surface area contributed by atoms with E-state index in [0.29, 0.717) is 56.1 Å². The van der Waals surface area contributed by atoms with Gasteiger partial charge >= 0.3 is 6.03 Å². The number of aromatic nitrogens is 1. The summed E-state index contributed by atoms with van der Waals surface area (Å²) in [7, 11) is 3.68. The molecule has 1 aliphatic carbocycles. The van der Waals surface area contributed by atoms with Crippen LogP contribution in [0.25, 0.3) is 11.3 Å². The van der Waals surface area contributed by atoms with Crippen LogP contribution in [-0.4, -0.2) is 101 Å². The molecule has 11 nitrogen and oxygen atoms in total. The zero-order chi connectivity index (χ0) is 38.9. The third-order valence-electron chi connectivity index (χ3n) is 12.6. The van der Waals surface area contributed by atoms with Crippen molar-refractivity contribution in [2.75, 3.05) is 51.3 Å². The summed E-state index contributed by atoms with van der Waals surface area (Å²) in [6, 6.07) is 21.2. The van der Waals surface area contributed by atoms with Crippen molar-refractivity contribution in [2.45, 2.75) is 77.0 Å². The number of anilines is 1. The van der Waals surface area contributed by atoms with Gasteiger partial charge in [0.05, 0.1) is 18.8 Å². The van der Waals surface area contributed by atoms with Gasteiger partial charge in [-0.3, -0.25) is 14.5 Å². The quantitative estimate of drug-likeness (QED) is 0.230. The molecular weight excluding hydrogens is 705 g/mol.